The molecule has 0 aliphatic carbocycles. The number of benzene rings is 1. The minimum Gasteiger partial charge on any atom is -0.469 e. The number of hydrogen-bond acceptors (Lipinski definition) is 2. The lowest BCUT2D eigenvalue weighted by Crippen LogP contribution is -2.24. The number of aryl methyl sites for hydroxylation is 1. The van der Waals surface area contributed by atoms with Gasteiger partial charge in [-0.05, 0) is 48.7 Å². The third-order valence-corrected chi connectivity index (χ3v) is 3.07. The highest BCUT2D eigenvalue weighted by Gasteiger charge is 2.10. The highest BCUT2D eigenvalue weighted by atomic mass is 35.5. The number of rotatable bonds is 5. The molecule has 2 rings (SSSR count). The summed E-state index contributed by atoms with van der Waals surface area (Å²) < 4.78 is 18.7. The molecule has 0 aliphatic heterocycles. The summed E-state index contributed by atoms with van der Waals surface area (Å²) in [4.78, 5) is 0. The summed E-state index contributed by atoms with van der Waals surface area (Å²) in [7, 11) is 0. The molecule has 0 radical (unpaired) electrons. The number of furan rings is 1. The van der Waals surface area contributed by atoms with E-state index in [-0.39, 0.29) is 11.9 Å². The largest absolute Gasteiger partial charge is 0.469 e. The lowest BCUT2D eigenvalue weighted by Gasteiger charge is -2.11. The molecule has 1 aromatic carbocycles. The molecule has 2 aromatic rings. The SMILES string of the molecule is NC(CCc1ccco1)Cc1cc(Cl)ccc1F. The van der Waals surface area contributed by atoms with Gasteiger partial charge >= 0.3 is 0 Å². The fourth-order valence-electron chi connectivity index (χ4n) is 1.87. The van der Waals surface area contributed by atoms with Crippen LogP contribution in [0.4, 0.5) is 4.39 Å². The standard InChI is InChI=1S/C14H15ClFNO/c15-11-3-6-14(16)10(8-11)9-12(17)4-5-13-2-1-7-18-13/h1-3,6-8,12H,4-5,9,17H2. The predicted octanol–water partition coefficient (Wildman–Crippen LogP) is 3.57. The van der Waals surface area contributed by atoms with Crippen LogP contribution < -0.4 is 5.73 Å². The average Bonchev–Trinajstić information content (AvgIpc) is 2.84. The zero-order valence-electron chi connectivity index (χ0n) is 9.90. The number of nitrogens with two attached hydrogens (primary N) is 1. The van der Waals surface area contributed by atoms with E-state index in [0.29, 0.717) is 17.0 Å². The van der Waals surface area contributed by atoms with Crippen molar-refractivity contribution in [2.45, 2.75) is 25.3 Å². The molecule has 0 aliphatic rings. The number of halogens is 2. The fraction of sp³-hybridized carbons (Fsp3) is 0.286. The fourth-order valence-corrected chi connectivity index (χ4v) is 2.06. The first-order chi connectivity index (χ1) is 8.65. The van der Waals surface area contributed by atoms with E-state index >= 15 is 0 Å². The molecule has 1 unspecified atom stereocenters. The molecule has 4 heteroatoms. The van der Waals surface area contributed by atoms with Crippen LogP contribution in [-0.4, -0.2) is 6.04 Å². The minimum atomic E-state index is -0.257. The monoisotopic (exact) mass is 267 g/mol. The van der Waals surface area contributed by atoms with Crippen LogP contribution in [0.2, 0.25) is 5.02 Å². The molecule has 0 spiro atoms. The van der Waals surface area contributed by atoms with E-state index in [2.05, 4.69) is 0 Å². The summed E-state index contributed by atoms with van der Waals surface area (Å²) >= 11 is 5.84. The van der Waals surface area contributed by atoms with Crippen molar-refractivity contribution in [3.05, 3.63) is 58.8 Å². The molecule has 1 heterocycles. The maximum Gasteiger partial charge on any atom is 0.126 e. The summed E-state index contributed by atoms with van der Waals surface area (Å²) in [6.45, 7) is 0. The quantitative estimate of drug-likeness (QED) is 0.899. The Morgan fingerprint density at radius 3 is 2.89 bits per heavy atom. The van der Waals surface area contributed by atoms with E-state index < -0.39 is 0 Å². The van der Waals surface area contributed by atoms with Gasteiger partial charge in [-0.25, -0.2) is 4.39 Å². The second kappa shape index (κ2) is 6.03. The highest BCUT2D eigenvalue weighted by Crippen LogP contribution is 2.17. The second-order valence-electron chi connectivity index (χ2n) is 4.32. The van der Waals surface area contributed by atoms with Gasteiger partial charge in [0.1, 0.15) is 11.6 Å². The second-order valence-corrected chi connectivity index (χ2v) is 4.75. The molecular weight excluding hydrogens is 253 g/mol. The van der Waals surface area contributed by atoms with Crippen molar-refractivity contribution in [1.82, 2.24) is 0 Å². The van der Waals surface area contributed by atoms with Crippen LogP contribution in [0, 0.1) is 5.82 Å². The Morgan fingerprint density at radius 1 is 1.33 bits per heavy atom. The van der Waals surface area contributed by atoms with Gasteiger partial charge in [0.25, 0.3) is 0 Å². The molecule has 0 bridgehead atoms. The smallest absolute Gasteiger partial charge is 0.126 e. The Morgan fingerprint density at radius 2 is 2.17 bits per heavy atom. The minimum absolute atomic E-state index is 0.108. The van der Waals surface area contributed by atoms with Crippen LogP contribution in [0.5, 0.6) is 0 Å². The van der Waals surface area contributed by atoms with E-state index in [0.717, 1.165) is 18.6 Å². The van der Waals surface area contributed by atoms with E-state index in [9.17, 15) is 4.39 Å². The summed E-state index contributed by atoms with van der Waals surface area (Å²) in [6.07, 6.45) is 3.63. The molecule has 18 heavy (non-hydrogen) atoms. The molecule has 0 saturated carbocycles. The van der Waals surface area contributed by atoms with Crippen molar-refractivity contribution in [3.63, 3.8) is 0 Å². The molecule has 0 amide bonds. The van der Waals surface area contributed by atoms with E-state index in [1.54, 1.807) is 12.3 Å². The maximum absolute atomic E-state index is 13.5. The van der Waals surface area contributed by atoms with Gasteiger partial charge in [0.15, 0.2) is 0 Å². The van der Waals surface area contributed by atoms with Gasteiger partial charge in [-0.1, -0.05) is 11.6 Å². The van der Waals surface area contributed by atoms with Crippen molar-refractivity contribution in [2.24, 2.45) is 5.73 Å². The van der Waals surface area contributed by atoms with Crippen molar-refractivity contribution < 1.29 is 8.81 Å². The van der Waals surface area contributed by atoms with E-state index in [4.69, 9.17) is 21.8 Å². The van der Waals surface area contributed by atoms with Crippen molar-refractivity contribution in [1.29, 1.82) is 0 Å². The van der Waals surface area contributed by atoms with Crippen LogP contribution in [0.15, 0.2) is 41.0 Å². The first-order valence-corrected chi connectivity index (χ1v) is 6.25. The van der Waals surface area contributed by atoms with Crippen molar-refractivity contribution >= 4 is 11.6 Å². The van der Waals surface area contributed by atoms with Gasteiger partial charge in [-0.2, -0.15) is 0 Å². The molecule has 0 saturated heterocycles. The summed E-state index contributed by atoms with van der Waals surface area (Å²) in [6, 6.07) is 8.18. The Labute approximate surface area is 111 Å². The normalized spacial score (nSPS) is 12.6. The first kappa shape index (κ1) is 13.1. The predicted molar refractivity (Wildman–Crippen MR) is 70.1 cm³/mol. The van der Waals surface area contributed by atoms with E-state index in [1.165, 1.54) is 12.1 Å². The Kier molecular flexibility index (Phi) is 4.39. The molecule has 2 N–H and O–H groups in total. The van der Waals surface area contributed by atoms with Crippen LogP contribution in [0.25, 0.3) is 0 Å². The zero-order chi connectivity index (χ0) is 13.0. The molecule has 0 fully saturated rings. The van der Waals surface area contributed by atoms with Crippen LogP contribution in [0.3, 0.4) is 0 Å². The third kappa shape index (κ3) is 3.59. The van der Waals surface area contributed by atoms with Crippen molar-refractivity contribution in [3.8, 4) is 0 Å². The van der Waals surface area contributed by atoms with Gasteiger partial charge in [0, 0.05) is 17.5 Å². The molecular formula is C14H15ClFNO. The lowest BCUT2D eigenvalue weighted by atomic mass is 10.0. The van der Waals surface area contributed by atoms with Gasteiger partial charge in [-0.3, -0.25) is 0 Å². The van der Waals surface area contributed by atoms with Crippen LogP contribution >= 0.6 is 11.6 Å². The highest BCUT2D eigenvalue weighted by molar-refractivity contribution is 6.30. The maximum atomic E-state index is 13.5. The molecule has 96 valence electrons. The van der Waals surface area contributed by atoms with Crippen molar-refractivity contribution in [2.75, 3.05) is 0 Å². The van der Waals surface area contributed by atoms with Gasteiger partial charge in [-0.15, -0.1) is 0 Å². The van der Waals surface area contributed by atoms with Crippen LogP contribution in [-0.2, 0) is 12.8 Å². The zero-order valence-corrected chi connectivity index (χ0v) is 10.7. The molecule has 2 nitrogen and oxygen atoms in total. The Balaban J connectivity index is 1.90. The summed E-state index contributed by atoms with van der Waals surface area (Å²) in [5, 5.41) is 0.532. The first-order valence-electron chi connectivity index (χ1n) is 5.87. The Bertz CT molecular complexity index is 499. The molecule has 1 aromatic heterocycles. The third-order valence-electron chi connectivity index (χ3n) is 2.83. The Hall–Kier alpha value is -1.32. The van der Waals surface area contributed by atoms with E-state index in [1.807, 2.05) is 12.1 Å². The van der Waals surface area contributed by atoms with Gasteiger partial charge in [0.2, 0.25) is 0 Å². The summed E-state index contributed by atoms with van der Waals surface area (Å²) in [5.74, 6) is 0.643. The van der Waals surface area contributed by atoms with Crippen LogP contribution in [0.1, 0.15) is 17.7 Å². The van der Waals surface area contributed by atoms with Gasteiger partial charge < -0.3 is 10.2 Å². The van der Waals surface area contributed by atoms with Gasteiger partial charge in [0.05, 0.1) is 6.26 Å². The topological polar surface area (TPSA) is 39.2 Å². The number of hydrogen-bond donors (Lipinski definition) is 1. The summed E-state index contributed by atoms with van der Waals surface area (Å²) in [5.41, 5.74) is 6.55. The molecule has 1 atom stereocenters. The average molecular weight is 268 g/mol. The lowest BCUT2D eigenvalue weighted by molar-refractivity contribution is 0.481.